The summed E-state index contributed by atoms with van der Waals surface area (Å²) in [5.41, 5.74) is 0. The van der Waals surface area contributed by atoms with Gasteiger partial charge < -0.3 is 5.11 Å². The van der Waals surface area contributed by atoms with E-state index in [0.29, 0.717) is 0 Å². The molecule has 1 aromatic heterocycles. The van der Waals surface area contributed by atoms with Crippen molar-refractivity contribution in [3.8, 4) is 0 Å². The molecule has 0 bridgehead atoms. The van der Waals surface area contributed by atoms with Gasteiger partial charge in [-0.2, -0.15) is 0 Å². The SMILES string of the molecule is C=CC(CC(=O)O)c1cccs1. The third-order valence-electron chi connectivity index (χ3n) is 1.59. The Morgan fingerprint density at radius 2 is 2.58 bits per heavy atom. The highest BCUT2D eigenvalue weighted by molar-refractivity contribution is 7.10. The molecule has 1 aromatic rings. The van der Waals surface area contributed by atoms with Crippen LogP contribution in [0.2, 0.25) is 0 Å². The number of carboxylic acids is 1. The van der Waals surface area contributed by atoms with E-state index in [1.54, 1.807) is 17.4 Å². The van der Waals surface area contributed by atoms with Crippen molar-refractivity contribution in [1.29, 1.82) is 0 Å². The van der Waals surface area contributed by atoms with Crippen LogP contribution in [-0.2, 0) is 4.79 Å². The monoisotopic (exact) mass is 182 g/mol. The highest BCUT2D eigenvalue weighted by atomic mass is 32.1. The predicted octanol–water partition coefficient (Wildman–Crippen LogP) is 2.49. The van der Waals surface area contributed by atoms with E-state index in [-0.39, 0.29) is 12.3 Å². The minimum absolute atomic E-state index is 0.0394. The molecule has 0 saturated heterocycles. The van der Waals surface area contributed by atoms with Crippen molar-refractivity contribution in [2.75, 3.05) is 0 Å². The molecule has 1 rings (SSSR count). The maximum Gasteiger partial charge on any atom is 0.304 e. The van der Waals surface area contributed by atoms with Gasteiger partial charge in [-0.1, -0.05) is 12.1 Å². The van der Waals surface area contributed by atoms with E-state index < -0.39 is 5.97 Å². The summed E-state index contributed by atoms with van der Waals surface area (Å²) in [6, 6.07) is 3.85. The van der Waals surface area contributed by atoms with Gasteiger partial charge in [0.25, 0.3) is 0 Å². The second-order valence-electron chi connectivity index (χ2n) is 2.46. The van der Waals surface area contributed by atoms with Crippen molar-refractivity contribution in [2.45, 2.75) is 12.3 Å². The highest BCUT2D eigenvalue weighted by Crippen LogP contribution is 2.24. The third kappa shape index (κ3) is 2.20. The quantitative estimate of drug-likeness (QED) is 0.726. The second kappa shape index (κ2) is 4.07. The molecule has 1 atom stereocenters. The lowest BCUT2D eigenvalue weighted by Gasteiger charge is -2.05. The molecule has 0 aliphatic rings. The van der Waals surface area contributed by atoms with E-state index in [0.717, 1.165) is 4.88 Å². The van der Waals surface area contributed by atoms with Crippen LogP contribution < -0.4 is 0 Å². The standard InChI is InChI=1S/C9H10O2S/c1-2-7(6-9(10)11)8-4-3-5-12-8/h2-5,7H,1,6H2,(H,10,11). The van der Waals surface area contributed by atoms with Gasteiger partial charge in [-0.15, -0.1) is 17.9 Å². The largest absolute Gasteiger partial charge is 0.481 e. The molecule has 64 valence electrons. The molecule has 0 amide bonds. The summed E-state index contributed by atoms with van der Waals surface area (Å²) in [5.74, 6) is -0.823. The van der Waals surface area contributed by atoms with Crippen molar-refractivity contribution < 1.29 is 9.90 Å². The smallest absolute Gasteiger partial charge is 0.304 e. The Bertz CT molecular complexity index is 264. The number of thiophene rings is 1. The fourth-order valence-electron chi connectivity index (χ4n) is 0.990. The molecule has 1 heterocycles. The van der Waals surface area contributed by atoms with Crippen LogP contribution in [0.5, 0.6) is 0 Å². The Morgan fingerprint density at radius 3 is 3.00 bits per heavy atom. The zero-order valence-electron chi connectivity index (χ0n) is 6.56. The van der Waals surface area contributed by atoms with Crippen molar-refractivity contribution >= 4 is 17.3 Å². The van der Waals surface area contributed by atoms with Crippen LogP contribution in [0.3, 0.4) is 0 Å². The van der Waals surface area contributed by atoms with Crippen LogP contribution in [0.25, 0.3) is 0 Å². The number of hydrogen-bond acceptors (Lipinski definition) is 2. The molecule has 0 saturated carbocycles. The Balaban J connectivity index is 2.69. The summed E-state index contributed by atoms with van der Waals surface area (Å²) >= 11 is 1.56. The summed E-state index contributed by atoms with van der Waals surface area (Å²) in [6.07, 6.45) is 1.81. The first-order valence-electron chi connectivity index (χ1n) is 3.61. The molecule has 12 heavy (non-hydrogen) atoms. The number of rotatable bonds is 4. The maximum absolute atomic E-state index is 10.4. The van der Waals surface area contributed by atoms with Crippen molar-refractivity contribution in [3.63, 3.8) is 0 Å². The summed E-state index contributed by atoms with van der Waals surface area (Å²) in [5, 5.41) is 10.5. The maximum atomic E-state index is 10.4. The van der Waals surface area contributed by atoms with Gasteiger partial charge in [0.05, 0.1) is 6.42 Å². The minimum Gasteiger partial charge on any atom is -0.481 e. The first kappa shape index (κ1) is 9.00. The van der Waals surface area contributed by atoms with Crippen molar-refractivity contribution in [2.24, 2.45) is 0 Å². The van der Waals surface area contributed by atoms with Crippen molar-refractivity contribution in [3.05, 3.63) is 35.0 Å². The van der Waals surface area contributed by atoms with Crippen LogP contribution in [0, 0.1) is 0 Å². The average molecular weight is 182 g/mol. The normalized spacial score (nSPS) is 12.3. The molecule has 0 aliphatic carbocycles. The van der Waals surface area contributed by atoms with Crippen LogP contribution in [0.15, 0.2) is 30.2 Å². The molecule has 0 radical (unpaired) electrons. The summed E-state index contributed by atoms with van der Waals surface area (Å²) in [6.45, 7) is 3.61. The first-order chi connectivity index (χ1) is 5.74. The van der Waals surface area contributed by atoms with Gasteiger partial charge >= 0.3 is 5.97 Å². The fraction of sp³-hybridized carbons (Fsp3) is 0.222. The van der Waals surface area contributed by atoms with Gasteiger partial charge in [-0.25, -0.2) is 0 Å². The lowest BCUT2D eigenvalue weighted by molar-refractivity contribution is -0.137. The second-order valence-corrected chi connectivity index (χ2v) is 3.43. The molecular formula is C9H10O2S. The van der Waals surface area contributed by atoms with E-state index in [1.165, 1.54) is 0 Å². The van der Waals surface area contributed by atoms with Gasteiger partial charge in [-0.05, 0) is 11.4 Å². The van der Waals surface area contributed by atoms with Crippen LogP contribution in [-0.4, -0.2) is 11.1 Å². The lowest BCUT2D eigenvalue weighted by Crippen LogP contribution is -2.01. The van der Waals surface area contributed by atoms with Crippen LogP contribution in [0.1, 0.15) is 17.2 Å². The predicted molar refractivity (Wildman–Crippen MR) is 49.5 cm³/mol. The zero-order chi connectivity index (χ0) is 8.97. The van der Waals surface area contributed by atoms with Gasteiger partial charge in [0.1, 0.15) is 0 Å². The number of allylic oxidation sites excluding steroid dienone is 1. The van der Waals surface area contributed by atoms with Gasteiger partial charge in [-0.3, -0.25) is 4.79 Å². The first-order valence-corrected chi connectivity index (χ1v) is 4.49. The summed E-state index contributed by atoms with van der Waals surface area (Å²) < 4.78 is 0. The Labute approximate surface area is 75.2 Å². The minimum atomic E-state index is -0.784. The average Bonchev–Trinajstić information content (AvgIpc) is 2.51. The van der Waals surface area contributed by atoms with Crippen LogP contribution in [0.4, 0.5) is 0 Å². The molecule has 0 spiro atoms. The van der Waals surface area contributed by atoms with Gasteiger partial charge in [0.15, 0.2) is 0 Å². The highest BCUT2D eigenvalue weighted by Gasteiger charge is 2.11. The topological polar surface area (TPSA) is 37.3 Å². The van der Waals surface area contributed by atoms with E-state index in [1.807, 2.05) is 17.5 Å². The molecule has 0 fully saturated rings. The number of carboxylic acid groups (broad SMARTS) is 1. The molecule has 1 unspecified atom stereocenters. The number of carbonyl (C=O) groups is 1. The number of aliphatic carboxylic acids is 1. The van der Waals surface area contributed by atoms with E-state index >= 15 is 0 Å². The van der Waals surface area contributed by atoms with Gasteiger partial charge in [0, 0.05) is 10.8 Å². The fourth-order valence-corrected chi connectivity index (χ4v) is 1.82. The zero-order valence-corrected chi connectivity index (χ0v) is 7.38. The Hall–Kier alpha value is -1.09. The summed E-state index contributed by atoms with van der Waals surface area (Å²) in [4.78, 5) is 11.5. The van der Waals surface area contributed by atoms with E-state index in [2.05, 4.69) is 6.58 Å². The molecule has 1 N–H and O–H groups in total. The molecule has 2 nitrogen and oxygen atoms in total. The van der Waals surface area contributed by atoms with Crippen LogP contribution >= 0.6 is 11.3 Å². The van der Waals surface area contributed by atoms with E-state index in [9.17, 15) is 4.79 Å². The molecular weight excluding hydrogens is 172 g/mol. The van der Waals surface area contributed by atoms with E-state index in [4.69, 9.17) is 5.11 Å². The lowest BCUT2D eigenvalue weighted by atomic mass is 10.0. The summed E-state index contributed by atoms with van der Waals surface area (Å²) in [7, 11) is 0. The van der Waals surface area contributed by atoms with Crippen molar-refractivity contribution in [1.82, 2.24) is 0 Å². The Kier molecular flexibility index (Phi) is 3.05. The molecule has 0 aliphatic heterocycles. The Morgan fingerprint density at radius 1 is 1.83 bits per heavy atom. The molecule has 0 aromatic carbocycles. The third-order valence-corrected chi connectivity index (χ3v) is 2.59. The van der Waals surface area contributed by atoms with Gasteiger partial charge in [0.2, 0.25) is 0 Å². The molecule has 3 heteroatoms. The number of hydrogen-bond donors (Lipinski definition) is 1.